The SMILES string of the molecule is N#Cc1ccc(OC2CCC(N3Cc4nc(NC5CCN(CC6CCN(c7ccc8c(c7)C(=O)N(C7CCC(=O)NC7=O)C8=O)CC6)CC5)ccc4C3=O)CC2)cc1Cl. The number of hydrogen-bond acceptors (Lipinski definition) is 11. The van der Waals surface area contributed by atoms with Crippen LogP contribution in [0.15, 0.2) is 48.5 Å². The Morgan fingerprint density at radius 2 is 1.56 bits per heavy atom. The van der Waals surface area contributed by atoms with Crippen molar-refractivity contribution < 1.29 is 28.7 Å². The number of nitrogens with zero attached hydrogens (tertiary/aromatic N) is 6. The average Bonchev–Trinajstić information content (AvgIpc) is 3.70. The number of nitrogens with one attached hydrogen (secondary N) is 2. The molecule has 0 bridgehead atoms. The van der Waals surface area contributed by atoms with Gasteiger partial charge in [0.1, 0.15) is 23.7 Å². The summed E-state index contributed by atoms with van der Waals surface area (Å²) in [5.41, 5.74) is 3.47. The van der Waals surface area contributed by atoms with Gasteiger partial charge < -0.3 is 24.8 Å². The van der Waals surface area contributed by atoms with Crippen molar-refractivity contribution in [1.82, 2.24) is 25.0 Å². The van der Waals surface area contributed by atoms with Crippen LogP contribution in [-0.4, -0.2) is 106 Å². The van der Waals surface area contributed by atoms with E-state index in [1.165, 1.54) is 0 Å². The van der Waals surface area contributed by atoms with E-state index < -0.39 is 23.8 Å². The number of pyridine rings is 1. The van der Waals surface area contributed by atoms with E-state index in [4.69, 9.17) is 26.6 Å². The van der Waals surface area contributed by atoms with Gasteiger partial charge in [0.05, 0.1) is 45.6 Å². The molecular weight excluding hydrogens is 772 g/mol. The van der Waals surface area contributed by atoms with Gasteiger partial charge in [0.25, 0.3) is 17.7 Å². The molecule has 15 heteroatoms. The van der Waals surface area contributed by atoms with Gasteiger partial charge in [-0.3, -0.25) is 34.2 Å². The van der Waals surface area contributed by atoms with Gasteiger partial charge in [-0.25, -0.2) is 4.98 Å². The van der Waals surface area contributed by atoms with Crippen molar-refractivity contribution in [2.24, 2.45) is 5.92 Å². The molecule has 6 heterocycles. The molecule has 1 aliphatic carbocycles. The van der Waals surface area contributed by atoms with Crippen LogP contribution in [0.25, 0.3) is 0 Å². The summed E-state index contributed by atoms with van der Waals surface area (Å²) in [6.45, 7) is 5.29. The molecule has 5 amide bonds. The van der Waals surface area contributed by atoms with Gasteiger partial charge in [-0.15, -0.1) is 0 Å². The molecule has 1 aromatic heterocycles. The van der Waals surface area contributed by atoms with E-state index in [2.05, 4.69) is 26.5 Å². The number of piperidine rings is 3. The molecule has 1 unspecified atom stereocenters. The number of carbonyl (C=O) groups excluding carboxylic acids is 5. The molecule has 59 heavy (non-hydrogen) atoms. The molecule has 4 fully saturated rings. The number of ether oxygens (including phenoxy) is 1. The van der Waals surface area contributed by atoms with E-state index in [1.54, 1.807) is 30.3 Å². The Hall–Kier alpha value is -5.52. The summed E-state index contributed by atoms with van der Waals surface area (Å²) in [7, 11) is 0. The van der Waals surface area contributed by atoms with Crippen LogP contribution >= 0.6 is 11.6 Å². The zero-order chi connectivity index (χ0) is 40.8. The Morgan fingerprint density at radius 3 is 2.29 bits per heavy atom. The molecular formula is C44H47ClN8O6. The van der Waals surface area contributed by atoms with E-state index in [1.807, 2.05) is 23.1 Å². The van der Waals surface area contributed by atoms with Crippen molar-refractivity contribution in [3.63, 3.8) is 0 Å². The van der Waals surface area contributed by atoms with E-state index in [9.17, 15) is 24.0 Å². The zero-order valence-electron chi connectivity index (χ0n) is 32.8. The molecule has 0 radical (unpaired) electrons. The number of hydrogen-bond donors (Lipinski definition) is 2. The number of nitriles is 1. The maximum absolute atomic E-state index is 13.4. The number of anilines is 2. The van der Waals surface area contributed by atoms with E-state index in [0.717, 1.165) is 106 Å². The number of aromatic nitrogens is 1. The van der Waals surface area contributed by atoms with Crippen molar-refractivity contribution in [3.8, 4) is 11.8 Å². The normalized spacial score (nSPS) is 24.2. The quantitative estimate of drug-likeness (QED) is 0.274. The minimum Gasteiger partial charge on any atom is -0.490 e. The van der Waals surface area contributed by atoms with Gasteiger partial charge >= 0.3 is 0 Å². The topological polar surface area (TPSA) is 168 Å². The second-order valence-corrected chi connectivity index (χ2v) is 17.2. The highest BCUT2D eigenvalue weighted by atomic mass is 35.5. The summed E-state index contributed by atoms with van der Waals surface area (Å²) >= 11 is 6.19. The first-order chi connectivity index (χ1) is 28.6. The lowest BCUT2D eigenvalue weighted by Gasteiger charge is -2.38. The maximum atomic E-state index is 13.4. The standard InChI is InChI=1S/C44H47ClN8O6/c45-36-22-32(5-1-27(36)23-46)59-31-6-2-29(3-7-31)52-25-37-34(42(52)56)9-11-39(48-37)47-28-15-17-50(18-16-28)24-26-13-19-51(20-14-26)30-4-8-33-35(21-30)44(58)53(43(33)57)38-10-12-40(54)49-41(38)55/h1,4-5,8-9,11,21-22,26,28-29,31,38H,2-3,6-7,10,12-20,24-25H2,(H,47,48)(H,49,54,55). The second-order valence-electron chi connectivity index (χ2n) is 16.8. The van der Waals surface area contributed by atoms with Crippen molar-refractivity contribution >= 4 is 52.6 Å². The summed E-state index contributed by atoms with van der Waals surface area (Å²) in [5, 5.41) is 15.4. The number of imide groups is 2. The number of amides is 5. The van der Waals surface area contributed by atoms with Gasteiger partial charge in [-0.1, -0.05) is 11.6 Å². The molecule has 1 saturated carbocycles. The lowest BCUT2D eigenvalue weighted by molar-refractivity contribution is -0.136. The van der Waals surface area contributed by atoms with E-state index in [-0.39, 0.29) is 36.8 Å². The third-order valence-corrected chi connectivity index (χ3v) is 13.4. The molecule has 6 aliphatic rings. The largest absolute Gasteiger partial charge is 0.490 e. The summed E-state index contributed by atoms with van der Waals surface area (Å²) < 4.78 is 6.17. The van der Waals surface area contributed by atoms with Crippen molar-refractivity contribution in [2.45, 2.75) is 95.0 Å². The number of rotatable bonds is 9. The number of likely N-dealkylation sites (tertiary alicyclic amines) is 1. The number of carbonyl (C=O) groups is 5. The van der Waals surface area contributed by atoms with Gasteiger partial charge in [0, 0.05) is 63.0 Å². The Kier molecular flexibility index (Phi) is 10.7. The molecule has 9 rings (SSSR count). The first-order valence-electron chi connectivity index (χ1n) is 20.9. The lowest BCUT2D eigenvalue weighted by atomic mass is 9.92. The molecule has 3 aromatic rings. The second kappa shape index (κ2) is 16.3. The minimum atomic E-state index is -0.969. The first-order valence-corrected chi connectivity index (χ1v) is 21.3. The van der Waals surface area contributed by atoms with Crippen molar-refractivity contribution in [3.05, 3.63) is 81.5 Å². The molecule has 3 saturated heterocycles. The summed E-state index contributed by atoms with van der Waals surface area (Å²) in [6, 6.07) is 15.9. The fourth-order valence-corrected chi connectivity index (χ4v) is 9.98. The molecule has 14 nitrogen and oxygen atoms in total. The predicted molar refractivity (Wildman–Crippen MR) is 218 cm³/mol. The molecule has 0 spiro atoms. The van der Waals surface area contributed by atoms with Crippen LogP contribution in [0.1, 0.15) is 107 Å². The molecule has 1 atom stereocenters. The minimum absolute atomic E-state index is 0.0397. The highest BCUT2D eigenvalue weighted by Crippen LogP contribution is 2.35. The predicted octanol–water partition coefficient (Wildman–Crippen LogP) is 5.15. The first kappa shape index (κ1) is 39.0. The van der Waals surface area contributed by atoms with Crippen molar-refractivity contribution in [2.75, 3.05) is 42.9 Å². The summed E-state index contributed by atoms with van der Waals surface area (Å²) in [4.78, 5) is 76.7. The van der Waals surface area contributed by atoms with Crippen LogP contribution < -0.4 is 20.3 Å². The van der Waals surface area contributed by atoms with Crippen LogP contribution in [0.2, 0.25) is 5.02 Å². The van der Waals surface area contributed by atoms with E-state index in [0.29, 0.717) is 51.5 Å². The van der Waals surface area contributed by atoms with Crippen LogP contribution in [-0.2, 0) is 16.1 Å². The number of fused-ring (bicyclic) bond motifs is 2. The Morgan fingerprint density at radius 1 is 0.814 bits per heavy atom. The van der Waals surface area contributed by atoms with Gasteiger partial charge in [-0.2, -0.15) is 5.26 Å². The smallest absolute Gasteiger partial charge is 0.262 e. The Balaban J connectivity index is 0.711. The van der Waals surface area contributed by atoms with Crippen molar-refractivity contribution in [1.29, 1.82) is 5.26 Å². The third-order valence-electron chi connectivity index (χ3n) is 13.1. The molecule has 2 aromatic carbocycles. The third kappa shape index (κ3) is 7.85. The highest BCUT2D eigenvalue weighted by Gasteiger charge is 2.45. The van der Waals surface area contributed by atoms with Crippen LogP contribution in [0.5, 0.6) is 5.75 Å². The average molecular weight is 819 g/mol. The highest BCUT2D eigenvalue weighted by molar-refractivity contribution is 6.31. The molecule has 2 N–H and O–H groups in total. The summed E-state index contributed by atoms with van der Waals surface area (Å²) in [5.74, 6) is 0.150. The number of halogens is 1. The maximum Gasteiger partial charge on any atom is 0.262 e. The van der Waals surface area contributed by atoms with Gasteiger partial charge in [0.15, 0.2) is 0 Å². The van der Waals surface area contributed by atoms with Gasteiger partial charge in [-0.05, 0) is 106 Å². The zero-order valence-corrected chi connectivity index (χ0v) is 33.6. The lowest BCUT2D eigenvalue weighted by Crippen LogP contribution is -2.54. The number of benzene rings is 2. The van der Waals surface area contributed by atoms with Crippen LogP contribution in [0, 0.1) is 17.2 Å². The Bertz CT molecular complexity index is 2240. The van der Waals surface area contributed by atoms with Gasteiger partial charge in [0.2, 0.25) is 11.8 Å². The van der Waals surface area contributed by atoms with E-state index >= 15 is 0 Å². The monoisotopic (exact) mass is 818 g/mol. The summed E-state index contributed by atoms with van der Waals surface area (Å²) in [6.07, 6.45) is 7.73. The van der Waals surface area contributed by atoms with Crippen LogP contribution in [0.4, 0.5) is 11.5 Å². The Labute approximate surface area is 347 Å². The van der Waals surface area contributed by atoms with Crippen LogP contribution in [0.3, 0.4) is 0 Å². The fraction of sp³-hybridized carbons (Fsp3) is 0.477. The molecule has 306 valence electrons. The fourth-order valence-electron chi connectivity index (χ4n) is 9.77. The molecule has 5 aliphatic heterocycles.